The number of hydrogen-bond acceptors (Lipinski definition) is 3. The number of guanidine groups is 1. The molecule has 0 aromatic heterocycles. The molecule has 0 atom stereocenters. The molecule has 5 nitrogen and oxygen atoms in total. The third-order valence-electron chi connectivity index (χ3n) is 2.60. The Morgan fingerprint density at radius 2 is 1.94 bits per heavy atom. The van der Waals surface area contributed by atoms with Gasteiger partial charge in [-0.3, -0.25) is 10.4 Å². The Bertz CT molecular complexity index is 225. The molecule has 0 amide bonds. The fourth-order valence-electron chi connectivity index (χ4n) is 1.63. The van der Waals surface area contributed by atoms with Crippen molar-refractivity contribution in [3.05, 3.63) is 0 Å². The van der Waals surface area contributed by atoms with Crippen molar-refractivity contribution in [1.82, 2.24) is 15.2 Å². The van der Waals surface area contributed by atoms with E-state index in [1.54, 1.807) is 0 Å². The van der Waals surface area contributed by atoms with Crippen LogP contribution in [0.4, 0.5) is 0 Å². The van der Waals surface area contributed by atoms with E-state index in [-0.39, 0.29) is 0 Å². The van der Waals surface area contributed by atoms with Gasteiger partial charge in [-0.15, -0.1) is 0 Å². The third-order valence-corrected chi connectivity index (χ3v) is 2.60. The lowest BCUT2D eigenvalue weighted by Gasteiger charge is -2.28. The summed E-state index contributed by atoms with van der Waals surface area (Å²) < 4.78 is 0. The Morgan fingerprint density at radius 1 is 1.28 bits per heavy atom. The largest absolute Gasteiger partial charge is 0.340 e. The minimum absolute atomic E-state index is 0.594. The van der Waals surface area contributed by atoms with E-state index >= 15 is 0 Å². The number of rotatable bonds is 8. The van der Waals surface area contributed by atoms with Crippen LogP contribution in [0.15, 0.2) is 4.99 Å². The van der Waals surface area contributed by atoms with Crippen molar-refractivity contribution >= 4 is 5.96 Å². The molecule has 0 aliphatic heterocycles. The van der Waals surface area contributed by atoms with Crippen molar-refractivity contribution in [1.29, 1.82) is 0 Å². The van der Waals surface area contributed by atoms with E-state index < -0.39 is 0 Å². The summed E-state index contributed by atoms with van der Waals surface area (Å²) in [7, 11) is 4.16. The molecule has 0 spiro atoms. The Morgan fingerprint density at radius 3 is 2.39 bits per heavy atom. The first-order valence-corrected chi connectivity index (χ1v) is 6.92. The Hall–Kier alpha value is -0.810. The predicted molar refractivity (Wildman–Crippen MR) is 79.5 cm³/mol. The van der Waals surface area contributed by atoms with Crippen LogP contribution in [-0.2, 0) is 0 Å². The van der Waals surface area contributed by atoms with E-state index in [1.165, 1.54) is 0 Å². The number of hydrazine groups is 1. The zero-order valence-corrected chi connectivity index (χ0v) is 12.7. The number of hydrogen-bond donors (Lipinski definition) is 2. The van der Waals surface area contributed by atoms with Gasteiger partial charge in [0.25, 0.3) is 0 Å². The predicted octanol–water partition coefficient (Wildman–Crippen LogP) is 1.13. The lowest BCUT2D eigenvalue weighted by molar-refractivity contribution is 0.300. The summed E-state index contributed by atoms with van der Waals surface area (Å²) in [5, 5.41) is 0. The zero-order chi connectivity index (χ0) is 14.0. The topological polar surface area (TPSA) is 56.9 Å². The van der Waals surface area contributed by atoms with Crippen LogP contribution in [0.1, 0.15) is 33.6 Å². The number of nitrogens with one attached hydrogen (secondary N) is 1. The quantitative estimate of drug-likeness (QED) is 0.225. The van der Waals surface area contributed by atoms with Crippen LogP contribution < -0.4 is 11.3 Å². The van der Waals surface area contributed by atoms with Crippen LogP contribution in [-0.4, -0.2) is 56.0 Å². The molecule has 0 rings (SSSR count). The van der Waals surface area contributed by atoms with Crippen LogP contribution in [0, 0.1) is 5.92 Å². The highest BCUT2D eigenvalue weighted by Gasteiger charge is 2.12. The molecule has 0 aliphatic carbocycles. The van der Waals surface area contributed by atoms with Crippen LogP contribution in [0.25, 0.3) is 0 Å². The summed E-state index contributed by atoms with van der Waals surface area (Å²) in [6.45, 7) is 10.4. The average molecular weight is 257 g/mol. The van der Waals surface area contributed by atoms with Crippen molar-refractivity contribution in [2.45, 2.75) is 33.6 Å². The zero-order valence-electron chi connectivity index (χ0n) is 12.7. The molecule has 0 unspecified atom stereocenters. The van der Waals surface area contributed by atoms with Crippen LogP contribution >= 0.6 is 0 Å². The van der Waals surface area contributed by atoms with E-state index in [1.807, 2.05) is 0 Å². The van der Waals surface area contributed by atoms with Gasteiger partial charge in [-0.1, -0.05) is 27.2 Å². The number of likely N-dealkylation sites (N-methyl/N-ethyl adjacent to an activating group) is 1. The van der Waals surface area contributed by atoms with E-state index in [0.29, 0.717) is 5.92 Å². The van der Waals surface area contributed by atoms with Crippen molar-refractivity contribution in [2.24, 2.45) is 16.8 Å². The molecule has 0 saturated heterocycles. The maximum atomic E-state index is 5.60. The lowest BCUT2D eigenvalue weighted by Crippen LogP contribution is -2.48. The van der Waals surface area contributed by atoms with Gasteiger partial charge in [-0.05, 0) is 26.4 Å². The van der Waals surface area contributed by atoms with Crippen LogP contribution in [0.5, 0.6) is 0 Å². The van der Waals surface area contributed by atoms with Crippen molar-refractivity contribution in [3.8, 4) is 0 Å². The summed E-state index contributed by atoms with van der Waals surface area (Å²) in [6.07, 6.45) is 2.26. The second-order valence-electron chi connectivity index (χ2n) is 5.35. The molecule has 3 N–H and O–H groups in total. The molecule has 0 saturated carbocycles. The Balaban J connectivity index is 4.50. The fraction of sp³-hybridized carbons (Fsp3) is 0.923. The van der Waals surface area contributed by atoms with Crippen LogP contribution in [0.2, 0.25) is 0 Å². The molecule has 5 heteroatoms. The number of aliphatic imine (C=N–C) groups is 1. The number of nitrogens with zero attached hydrogens (tertiary/aromatic N) is 3. The number of nitrogens with two attached hydrogens (primary N) is 1. The maximum absolute atomic E-state index is 5.60. The summed E-state index contributed by atoms with van der Waals surface area (Å²) in [4.78, 5) is 8.96. The SMILES string of the molecule is CCCCN=C(NN)N(CCN(C)C)CC(C)C. The van der Waals surface area contributed by atoms with Gasteiger partial charge in [0.1, 0.15) is 0 Å². The smallest absolute Gasteiger partial charge is 0.208 e. The first-order valence-electron chi connectivity index (χ1n) is 6.92. The van der Waals surface area contributed by atoms with Gasteiger partial charge in [0.05, 0.1) is 0 Å². The Labute approximate surface area is 112 Å². The van der Waals surface area contributed by atoms with Gasteiger partial charge in [0, 0.05) is 26.2 Å². The highest BCUT2D eigenvalue weighted by molar-refractivity contribution is 5.79. The lowest BCUT2D eigenvalue weighted by atomic mass is 10.2. The molecular weight excluding hydrogens is 226 g/mol. The second kappa shape index (κ2) is 10.1. The summed E-state index contributed by atoms with van der Waals surface area (Å²) in [6, 6.07) is 0. The van der Waals surface area contributed by atoms with Crippen molar-refractivity contribution in [2.75, 3.05) is 40.3 Å². The standard InChI is InChI=1S/C13H31N5/c1-6-7-8-15-13(16-14)18(11-12(2)3)10-9-17(4)5/h12H,6-11,14H2,1-5H3,(H,15,16). The average Bonchev–Trinajstić information content (AvgIpc) is 2.30. The van der Waals surface area contributed by atoms with Gasteiger partial charge in [0.15, 0.2) is 0 Å². The highest BCUT2D eigenvalue weighted by atomic mass is 15.4. The molecule has 0 aromatic carbocycles. The normalized spacial score (nSPS) is 12.3. The Kier molecular flexibility index (Phi) is 9.69. The fourth-order valence-corrected chi connectivity index (χ4v) is 1.63. The molecule has 0 bridgehead atoms. The number of unbranched alkanes of at least 4 members (excludes halogenated alkanes) is 1. The minimum atomic E-state index is 0.594. The second-order valence-corrected chi connectivity index (χ2v) is 5.35. The van der Waals surface area contributed by atoms with Gasteiger partial charge >= 0.3 is 0 Å². The summed E-state index contributed by atoms with van der Waals surface area (Å²) in [5.41, 5.74) is 2.75. The monoisotopic (exact) mass is 257 g/mol. The molecule has 0 aliphatic rings. The van der Waals surface area contributed by atoms with E-state index in [9.17, 15) is 0 Å². The first-order chi connectivity index (χ1) is 8.51. The molecular formula is C13H31N5. The summed E-state index contributed by atoms with van der Waals surface area (Å²) in [5.74, 6) is 7.01. The van der Waals surface area contributed by atoms with Gasteiger partial charge < -0.3 is 9.80 Å². The third kappa shape index (κ3) is 8.31. The van der Waals surface area contributed by atoms with Gasteiger partial charge in [-0.2, -0.15) is 0 Å². The van der Waals surface area contributed by atoms with E-state index in [2.05, 4.69) is 55.1 Å². The molecule has 108 valence electrons. The minimum Gasteiger partial charge on any atom is -0.340 e. The maximum Gasteiger partial charge on any atom is 0.208 e. The molecule has 0 heterocycles. The highest BCUT2D eigenvalue weighted by Crippen LogP contribution is 2.00. The molecule has 0 radical (unpaired) electrons. The first kappa shape index (κ1) is 17.2. The molecule has 0 aromatic rings. The van der Waals surface area contributed by atoms with Gasteiger partial charge in [0.2, 0.25) is 5.96 Å². The van der Waals surface area contributed by atoms with E-state index in [0.717, 1.165) is 45.0 Å². The van der Waals surface area contributed by atoms with Crippen molar-refractivity contribution in [3.63, 3.8) is 0 Å². The molecule has 18 heavy (non-hydrogen) atoms. The van der Waals surface area contributed by atoms with Gasteiger partial charge in [-0.25, -0.2) is 5.84 Å². The molecule has 0 fully saturated rings. The van der Waals surface area contributed by atoms with Crippen molar-refractivity contribution < 1.29 is 0 Å². The van der Waals surface area contributed by atoms with E-state index in [4.69, 9.17) is 5.84 Å². The van der Waals surface area contributed by atoms with Crippen LogP contribution in [0.3, 0.4) is 0 Å². The summed E-state index contributed by atoms with van der Waals surface area (Å²) >= 11 is 0.